The SMILES string of the molecule is COc1cccc(CN(C)C(=O)COc2ccc(C(C)=O)cc2)c1. The molecular weight excluding hydrogens is 306 g/mol. The quantitative estimate of drug-likeness (QED) is 0.734. The Bertz CT molecular complexity index is 710. The fourth-order valence-corrected chi connectivity index (χ4v) is 2.17. The van der Waals surface area contributed by atoms with Crippen LogP contribution in [0, 0.1) is 0 Å². The van der Waals surface area contributed by atoms with E-state index in [1.54, 1.807) is 43.3 Å². The van der Waals surface area contributed by atoms with Gasteiger partial charge in [-0.25, -0.2) is 0 Å². The maximum absolute atomic E-state index is 12.2. The summed E-state index contributed by atoms with van der Waals surface area (Å²) in [4.78, 5) is 25.0. The molecule has 0 atom stereocenters. The fraction of sp³-hybridized carbons (Fsp3) is 0.263. The Morgan fingerprint density at radius 1 is 1.04 bits per heavy atom. The summed E-state index contributed by atoms with van der Waals surface area (Å²) in [7, 11) is 3.34. The van der Waals surface area contributed by atoms with E-state index in [1.807, 2.05) is 24.3 Å². The van der Waals surface area contributed by atoms with E-state index >= 15 is 0 Å². The van der Waals surface area contributed by atoms with E-state index in [4.69, 9.17) is 9.47 Å². The van der Waals surface area contributed by atoms with Crippen LogP contribution in [0.1, 0.15) is 22.8 Å². The van der Waals surface area contributed by atoms with Gasteiger partial charge in [-0.3, -0.25) is 9.59 Å². The smallest absolute Gasteiger partial charge is 0.260 e. The highest BCUT2D eigenvalue weighted by Crippen LogP contribution is 2.15. The number of nitrogens with zero attached hydrogens (tertiary/aromatic N) is 1. The van der Waals surface area contributed by atoms with Crippen LogP contribution in [0.25, 0.3) is 0 Å². The minimum absolute atomic E-state index is 0.00403. The lowest BCUT2D eigenvalue weighted by atomic mass is 10.1. The molecule has 1 amide bonds. The van der Waals surface area contributed by atoms with Gasteiger partial charge in [0.05, 0.1) is 7.11 Å². The van der Waals surface area contributed by atoms with Gasteiger partial charge in [-0.05, 0) is 48.9 Å². The van der Waals surface area contributed by atoms with Gasteiger partial charge in [0, 0.05) is 19.2 Å². The summed E-state index contributed by atoms with van der Waals surface area (Å²) in [6.07, 6.45) is 0. The fourth-order valence-electron chi connectivity index (χ4n) is 2.17. The van der Waals surface area contributed by atoms with Gasteiger partial charge in [-0.15, -0.1) is 0 Å². The highest BCUT2D eigenvalue weighted by molar-refractivity contribution is 5.94. The maximum atomic E-state index is 12.2. The molecule has 0 saturated heterocycles. The number of ether oxygens (including phenoxy) is 2. The van der Waals surface area contributed by atoms with Crippen LogP contribution in [0.4, 0.5) is 0 Å². The lowest BCUT2D eigenvalue weighted by molar-refractivity contribution is -0.132. The maximum Gasteiger partial charge on any atom is 0.260 e. The Kier molecular flexibility index (Phi) is 5.95. The highest BCUT2D eigenvalue weighted by atomic mass is 16.5. The van der Waals surface area contributed by atoms with Crippen LogP contribution in [-0.4, -0.2) is 37.4 Å². The Morgan fingerprint density at radius 2 is 1.75 bits per heavy atom. The molecule has 2 aromatic carbocycles. The van der Waals surface area contributed by atoms with Crippen molar-refractivity contribution in [3.8, 4) is 11.5 Å². The number of carbonyl (C=O) groups is 2. The van der Waals surface area contributed by atoms with Crippen LogP contribution >= 0.6 is 0 Å². The van der Waals surface area contributed by atoms with Gasteiger partial charge < -0.3 is 14.4 Å². The summed E-state index contributed by atoms with van der Waals surface area (Å²) < 4.78 is 10.7. The van der Waals surface area contributed by atoms with Crippen molar-refractivity contribution in [1.29, 1.82) is 0 Å². The van der Waals surface area contributed by atoms with Crippen molar-refractivity contribution >= 4 is 11.7 Å². The second-order valence-electron chi connectivity index (χ2n) is 5.47. The van der Waals surface area contributed by atoms with Crippen LogP contribution in [0.3, 0.4) is 0 Å². The average molecular weight is 327 g/mol. The molecule has 0 aliphatic rings. The number of rotatable bonds is 7. The van der Waals surface area contributed by atoms with E-state index in [-0.39, 0.29) is 18.3 Å². The number of hydrogen-bond acceptors (Lipinski definition) is 4. The molecule has 2 aromatic rings. The van der Waals surface area contributed by atoms with E-state index in [0.29, 0.717) is 17.9 Å². The van der Waals surface area contributed by atoms with Crippen LogP contribution in [0.15, 0.2) is 48.5 Å². The average Bonchev–Trinajstić information content (AvgIpc) is 2.60. The number of Topliss-reactive ketones (excluding diaryl/α,β-unsaturated/α-hetero) is 1. The second kappa shape index (κ2) is 8.15. The molecule has 0 spiro atoms. The molecule has 5 nitrogen and oxygen atoms in total. The molecule has 0 bridgehead atoms. The molecule has 0 heterocycles. The first-order chi connectivity index (χ1) is 11.5. The Morgan fingerprint density at radius 3 is 2.38 bits per heavy atom. The Balaban J connectivity index is 1.88. The number of methoxy groups -OCH3 is 1. The number of carbonyl (C=O) groups excluding carboxylic acids is 2. The van der Waals surface area contributed by atoms with Crippen molar-refractivity contribution in [2.45, 2.75) is 13.5 Å². The third-order valence-electron chi connectivity index (χ3n) is 3.60. The third-order valence-corrected chi connectivity index (χ3v) is 3.60. The summed E-state index contributed by atoms with van der Waals surface area (Å²) in [6.45, 7) is 1.93. The minimum atomic E-state index is -0.131. The second-order valence-corrected chi connectivity index (χ2v) is 5.47. The molecule has 2 rings (SSSR count). The van der Waals surface area contributed by atoms with Crippen LogP contribution in [0.5, 0.6) is 11.5 Å². The highest BCUT2D eigenvalue weighted by Gasteiger charge is 2.11. The molecule has 0 N–H and O–H groups in total. The summed E-state index contributed by atoms with van der Waals surface area (Å²) in [5.41, 5.74) is 1.60. The van der Waals surface area contributed by atoms with Crippen molar-refractivity contribution in [2.75, 3.05) is 20.8 Å². The molecule has 0 aromatic heterocycles. The molecule has 0 saturated carbocycles. The van der Waals surface area contributed by atoms with E-state index in [1.165, 1.54) is 6.92 Å². The predicted molar refractivity (Wildman–Crippen MR) is 91.4 cm³/mol. The van der Waals surface area contributed by atoms with Crippen molar-refractivity contribution in [3.63, 3.8) is 0 Å². The van der Waals surface area contributed by atoms with E-state index in [9.17, 15) is 9.59 Å². The van der Waals surface area contributed by atoms with Gasteiger partial charge in [-0.2, -0.15) is 0 Å². The van der Waals surface area contributed by atoms with Crippen LogP contribution < -0.4 is 9.47 Å². The van der Waals surface area contributed by atoms with Crippen LogP contribution in [0.2, 0.25) is 0 Å². The number of hydrogen-bond donors (Lipinski definition) is 0. The third kappa shape index (κ3) is 4.84. The Labute approximate surface area is 141 Å². The van der Waals surface area contributed by atoms with Gasteiger partial charge in [0.15, 0.2) is 12.4 Å². The standard InChI is InChI=1S/C19H21NO4/c1-14(21)16-7-9-17(10-8-16)24-13-19(22)20(2)12-15-5-4-6-18(11-15)23-3/h4-11H,12-13H2,1-3H3. The van der Waals surface area contributed by atoms with Gasteiger partial charge in [0.25, 0.3) is 5.91 Å². The van der Waals surface area contributed by atoms with Gasteiger partial charge in [0.1, 0.15) is 11.5 Å². The van der Waals surface area contributed by atoms with Crippen molar-refractivity contribution < 1.29 is 19.1 Å². The Hall–Kier alpha value is -2.82. The summed E-state index contributed by atoms with van der Waals surface area (Å²) in [6, 6.07) is 14.3. The lowest BCUT2D eigenvalue weighted by Crippen LogP contribution is -2.30. The first kappa shape index (κ1) is 17.5. The summed E-state index contributed by atoms with van der Waals surface area (Å²) >= 11 is 0. The van der Waals surface area contributed by atoms with E-state index in [0.717, 1.165) is 11.3 Å². The number of benzene rings is 2. The summed E-state index contributed by atoms with van der Waals surface area (Å²) in [5, 5.41) is 0. The molecule has 24 heavy (non-hydrogen) atoms. The van der Waals surface area contributed by atoms with Crippen LogP contribution in [-0.2, 0) is 11.3 Å². The van der Waals surface area contributed by atoms with Crippen molar-refractivity contribution in [3.05, 3.63) is 59.7 Å². The van der Waals surface area contributed by atoms with Gasteiger partial charge >= 0.3 is 0 Å². The van der Waals surface area contributed by atoms with Gasteiger partial charge in [0.2, 0.25) is 0 Å². The first-order valence-corrected chi connectivity index (χ1v) is 7.60. The zero-order valence-corrected chi connectivity index (χ0v) is 14.1. The molecule has 0 fully saturated rings. The number of likely N-dealkylation sites (N-methyl/N-ethyl adjacent to an activating group) is 1. The lowest BCUT2D eigenvalue weighted by Gasteiger charge is -2.18. The topological polar surface area (TPSA) is 55.8 Å². The van der Waals surface area contributed by atoms with Crippen molar-refractivity contribution in [2.24, 2.45) is 0 Å². The largest absolute Gasteiger partial charge is 0.497 e. The summed E-state index contributed by atoms with van der Waals surface area (Å²) in [5.74, 6) is 1.18. The molecule has 126 valence electrons. The van der Waals surface area contributed by atoms with Crippen molar-refractivity contribution in [1.82, 2.24) is 4.90 Å². The molecular formula is C19H21NO4. The molecule has 0 radical (unpaired) electrons. The zero-order chi connectivity index (χ0) is 17.5. The molecule has 5 heteroatoms. The first-order valence-electron chi connectivity index (χ1n) is 7.60. The zero-order valence-electron chi connectivity index (χ0n) is 14.1. The number of ketones is 1. The van der Waals surface area contributed by atoms with Gasteiger partial charge in [-0.1, -0.05) is 12.1 Å². The molecule has 0 aliphatic carbocycles. The molecule has 0 aliphatic heterocycles. The predicted octanol–water partition coefficient (Wildman–Crippen LogP) is 2.94. The van der Waals surface area contributed by atoms with E-state index < -0.39 is 0 Å². The normalized spacial score (nSPS) is 10.1. The van der Waals surface area contributed by atoms with E-state index in [2.05, 4.69) is 0 Å². The number of amides is 1. The minimum Gasteiger partial charge on any atom is -0.497 e. The molecule has 0 unspecified atom stereocenters. The monoisotopic (exact) mass is 327 g/mol.